The lowest BCUT2D eigenvalue weighted by Gasteiger charge is -2.39. The highest BCUT2D eigenvalue weighted by Gasteiger charge is 2.49. The third-order valence-corrected chi connectivity index (χ3v) is 5.83. The van der Waals surface area contributed by atoms with Crippen molar-refractivity contribution in [2.24, 2.45) is 5.41 Å². The van der Waals surface area contributed by atoms with Gasteiger partial charge in [0.2, 0.25) is 5.91 Å². The van der Waals surface area contributed by atoms with Crippen LogP contribution in [0.15, 0.2) is 35.0 Å². The van der Waals surface area contributed by atoms with Crippen molar-refractivity contribution in [3.63, 3.8) is 0 Å². The van der Waals surface area contributed by atoms with Crippen molar-refractivity contribution in [1.82, 2.24) is 14.8 Å². The topological polar surface area (TPSA) is 66.7 Å². The van der Waals surface area contributed by atoms with E-state index in [1.807, 2.05) is 42.0 Å². The van der Waals surface area contributed by atoms with Gasteiger partial charge in [-0.25, -0.2) is 0 Å². The van der Waals surface area contributed by atoms with Crippen LogP contribution in [0.5, 0.6) is 0 Å². The summed E-state index contributed by atoms with van der Waals surface area (Å²) in [5.74, 6) is 1.53. The average molecular weight is 367 g/mol. The molecule has 1 atom stereocenters. The monoisotopic (exact) mass is 367 g/mol. The number of pyridine rings is 1. The van der Waals surface area contributed by atoms with Gasteiger partial charge < -0.3 is 14.2 Å². The lowest BCUT2D eigenvalue weighted by atomic mass is 9.78. The van der Waals surface area contributed by atoms with Gasteiger partial charge in [-0.05, 0) is 50.8 Å². The van der Waals surface area contributed by atoms with Gasteiger partial charge in [0.15, 0.2) is 0 Å². The maximum atomic E-state index is 13.3. The molecule has 0 bridgehead atoms. The molecule has 2 aliphatic heterocycles. The Hall–Kier alpha value is -2.63. The minimum absolute atomic E-state index is 0.0293. The Balaban J connectivity index is 1.49. The summed E-state index contributed by atoms with van der Waals surface area (Å²) < 4.78 is 5.51. The molecule has 0 radical (unpaired) electrons. The highest BCUT2D eigenvalue weighted by atomic mass is 16.3. The zero-order chi connectivity index (χ0) is 19.0. The van der Waals surface area contributed by atoms with Gasteiger partial charge in [-0.2, -0.15) is 0 Å². The van der Waals surface area contributed by atoms with Gasteiger partial charge in [0, 0.05) is 38.6 Å². The number of piperidine rings is 1. The van der Waals surface area contributed by atoms with Gasteiger partial charge in [0.05, 0.1) is 11.0 Å². The first-order valence-corrected chi connectivity index (χ1v) is 9.53. The maximum absolute atomic E-state index is 13.3. The zero-order valence-corrected chi connectivity index (χ0v) is 15.9. The van der Waals surface area contributed by atoms with Crippen molar-refractivity contribution in [2.45, 2.75) is 39.7 Å². The van der Waals surface area contributed by atoms with Crippen LogP contribution in [0, 0.1) is 19.3 Å². The summed E-state index contributed by atoms with van der Waals surface area (Å²) in [7, 11) is 0. The number of carbonyl (C=O) groups excluding carboxylic acids is 2. The second kappa shape index (κ2) is 6.83. The van der Waals surface area contributed by atoms with Gasteiger partial charge in [0.25, 0.3) is 5.91 Å². The summed E-state index contributed by atoms with van der Waals surface area (Å²) in [5.41, 5.74) is 1.21. The van der Waals surface area contributed by atoms with E-state index in [1.54, 1.807) is 12.3 Å². The number of aryl methyl sites for hydroxylation is 2. The summed E-state index contributed by atoms with van der Waals surface area (Å²) >= 11 is 0. The summed E-state index contributed by atoms with van der Waals surface area (Å²) in [6.07, 6.45) is 6.10. The Morgan fingerprint density at radius 1 is 1.30 bits per heavy atom. The van der Waals surface area contributed by atoms with Gasteiger partial charge in [-0.3, -0.25) is 14.6 Å². The van der Waals surface area contributed by atoms with E-state index in [2.05, 4.69) is 4.98 Å². The number of furan rings is 1. The van der Waals surface area contributed by atoms with Crippen molar-refractivity contribution in [3.8, 4) is 0 Å². The standard InChI is InChI=1S/C21H25N3O3/c1-15-11-18(16(2)27-15)19(25)24-10-7-21(14-24)6-4-9-23(20(21)26)13-17-5-3-8-22-12-17/h3,5,8,11-12H,4,6-7,9-10,13-14H2,1-2H3/t21-/m1/s1. The summed E-state index contributed by atoms with van der Waals surface area (Å²) in [4.78, 5) is 34.1. The number of aromatic nitrogens is 1. The number of hydrogen-bond donors (Lipinski definition) is 0. The van der Waals surface area contributed by atoms with Crippen LogP contribution in [-0.2, 0) is 11.3 Å². The van der Waals surface area contributed by atoms with E-state index in [4.69, 9.17) is 4.42 Å². The molecule has 4 rings (SSSR count). The fourth-order valence-electron chi connectivity index (χ4n) is 4.45. The van der Waals surface area contributed by atoms with E-state index in [9.17, 15) is 9.59 Å². The quantitative estimate of drug-likeness (QED) is 0.837. The van der Waals surface area contributed by atoms with Gasteiger partial charge >= 0.3 is 0 Å². The van der Waals surface area contributed by atoms with Crippen LogP contribution in [-0.4, -0.2) is 46.2 Å². The minimum atomic E-state index is -0.442. The molecule has 0 saturated carbocycles. The highest BCUT2D eigenvalue weighted by molar-refractivity contribution is 5.96. The van der Waals surface area contributed by atoms with Crippen LogP contribution in [0.3, 0.4) is 0 Å². The molecule has 6 heteroatoms. The van der Waals surface area contributed by atoms with E-state index >= 15 is 0 Å². The lowest BCUT2D eigenvalue weighted by molar-refractivity contribution is -0.146. The molecule has 2 aromatic heterocycles. The molecule has 6 nitrogen and oxygen atoms in total. The Bertz CT molecular complexity index is 861. The number of amides is 2. The largest absolute Gasteiger partial charge is 0.466 e. The third kappa shape index (κ3) is 3.24. The molecule has 0 aromatic carbocycles. The molecule has 2 aliphatic rings. The Kier molecular flexibility index (Phi) is 4.50. The molecular formula is C21H25N3O3. The molecular weight excluding hydrogens is 342 g/mol. The fourth-order valence-corrected chi connectivity index (χ4v) is 4.45. The molecule has 0 unspecified atom stereocenters. The maximum Gasteiger partial charge on any atom is 0.257 e. The van der Waals surface area contributed by atoms with Crippen molar-refractivity contribution >= 4 is 11.8 Å². The number of hydrogen-bond acceptors (Lipinski definition) is 4. The van der Waals surface area contributed by atoms with Gasteiger partial charge in [0.1, 0.15) is 11.5 Å². The first-order chi connectivity index (χ1) is 13.0. The number of carbonyl (C=O) groups is 2. The Morgan fingerprint density at radius 2 is 2.15 bits per heavy atom. The smallest absolute Gasteiger partial charge is 0.257 e. The van der Waals surface area contributed by atoms with E-state index in [0.29, 0.717) is 31.0 Å². The summed E-state index contributed by atoms with van der Waals surface area (Å²) in [6, 6.07) is 5.68. The molecule has 1 spiro atoms. The molecule has 0 N–H and O–H groups in total. The van der Waals surface area contributed by atoms with Crippen molar-refractivity contribution < 1.29 is 14.0 Å². The van der Waals surface area contributed by atoms with E-state index < -0.39 is 5.41 Å². The average Bonchev–Trinajstić information content (AvgIpc) is 3.23. The molecule has 0 aliphatic carbocycles. The van der Waals surface area contributed by atoms with Crippen molar-refractivity contribution in [3.05, 3.63) is 53.2 Å². The van der Waals surface area contributed by atoms with E-state index in [0.717, 1.165) is 37.1 Å². The second-order valence-electron chi connectivity index (χ2n) is 7.78. The zero-order valence-electron chi connectivity index (χ0n) is 15.9. The minimum Gasteiger partial charge on any atom is -0.466 e. The van der Waals surface area contributed by atoms with Crippen LogP contribution in [0.25, 0.3) is 0 Å². The summed E-state index contributed by atoms with van der Waals surface area (Å²) in [5, 5.41) is 0. The normalized spacial score (nSPS) is 22.7. The van der Waals surface area contributed by atoms with Crippen molar-refractivity contribution in [2.75, 3.05) is 19.6 Å². The molecule has 4 heterocycles. The van der Waals surface area contributed by atoms with Gasteiger partial charge in [-0.1, -0.05) is 6.07 Å². The number of likely N-dealkylation sites (tertiary alicyclic amines) is 2. The van der Waals surface area contributed by atoms with Gasteiger partial charge in [-0.15, -0.1) is 0 Å². The number of nitrogens with zero attached hydrogens (tertiary/aromatic N) is 3. The van der Waals surface area contributed by atoms with Crippen LogP contribution in [0.2, 0.25) is 0 Å². The third-order valence-electron chi connectivity index (χ3n) is 5.83. The first kappa shape index (κ1) is 17.8. The Morgan fingerprint density at radius 3 is 2.85 bits per heavy atom. The first-order valence-electron chi connectivity index (χ1n) is 9.53. The number of rotatable bonds is 3. The molecule has 2 fully saturated rings. The second-order valence-corrected chi connectivity index (χ2v) is 7.78. The highest BCUT2D eigenvalue weighted by Crippen LogP contribution is 2.41. The molecule has 27 heavy (non-hydrogen) atoms. The molecule has 2 amide bonds. The predicted molar refractivity (Wildman–Crippen MR) is 100 cm³/mol. The molecule has 142 valence electrons. The van der Waals surface area contributed by atoms with E-state index in [-0.39, 0.29) is 11.8 Å². The SMILES string of the molecule is Cc1cc(C(=O)N2CC[C@]3(CCCN(Cc4cccnc4)C3=O)C2)c(C)o1. The van der Waals surface area contributed by atoms with Crippen molar-refractivity contribution in [1.29, 1.82) is 0 Å². The predicted octanol–water partition coefficient (Wildman–Crippen LogP) is 2.95. The van der Waals surface area contributed by atoms with E-state index in [1.165, 1.54) is 0 Å². The summed E-state index contributed by atoms with van der Waals surface area (Å²) in [6.45, 7) is 6.13. The Labute approximate surface area is 159 Å². The lowest BCUT2D eigenvalue weighted by Crippen LogP contribution is -2.50. The van der Waals surface area contributed by atoms with Crippen LogP contribution in [0.1, 0.15) is 46.7 Å². The molecule has 2 aromatic rings. The fraction of sp³-hybridized carbons (Fsp3) is 0.476. The molecule has 2 saturated heterocycles. The van der Waals surface area contributed by atoms with Crippen LogP contribution >= 0.6 is 0 Å². The van der Waals surface area contributed by atoms with Crippen LogP contribution < -0.4 is 0 Å². The van der Waals surface area contributed by atoms with Crippen LogP contribution in [0.4, 0.5) is 0 Å².